The zero-order chi connectivity index (χ0) is 35.2. The standard InChI is InChI=1S/C39H41FN2O7/c1-4-5-6-7-8-22-48-33-19-15-29(16-20-33)39(46)49-35-21-12-27(24-36(35)47-3)23-34(26(2)43)42-38(45)30-10-9-11-32(25-30)41-37(44)28-13-17-31(40)18-14-28/h9-21,24-25,34H,4-8,22-23H2,1-3H3,(H,41,44)(H,42,45). The summed E-state index contributed by atoms with van der Waals surface area (Å²) in [6.07, 6.45) is 5.87. The van der Waals surface area contributed by atoms with Crippen molar-refractivity contribution in [2.45, 2.75) is 58.4 Å². The Morgan fingerprint density at radius 1 is 0.755 bits per heavy atom. The molecule has 0 aliphatic heterocycles. The topological polar surface area (TPSA) is 120 Å². The van der Waals surface area contributed by atoms with E-state index in [0.717, 1.165) is 12.8 Å². The minimum atomic E-state index is -0.875. The van der Waals surface area contributed by atoms with Gasteiger partial charge in [-0.1, -0.05) is 44.7 Å². The average Bonchev–Trinajstić information content (AvgIpc) is 3.10. The zero-order valence-corrected chi connectivity index (χ0v) is 27.9. The number of Topliss-reactive ketones (excluding diaryl/α,β-unsaturated/α-hetero) is 1. The summed E-state index contributed by atoms with van der Waals surface area (Å²) in [5.41, 5.74) is 1.85. The van der Waals surface area contributed by atoms with Gasteiger partial charge in [-0.3, -0.25) is 14.4 Å². The van der Waals surface area contributed by atoms with E-state index in [1.165, 1.54) is 63.6 Å². The van der Waals surface area contributed by atoms with Crippen LogP contribution in [0.2, 0.25) is 0 Å². The van der Waals surface area contributed by atoms with E-state index in [4.69, 9.17) is 14.2 Å². The van der Waals surface area contributed by atoms with Gasteiger partial charge in [0.1, 0.15) is 11.6 Å². The van der Waals surface area contributed by atoms with Gasteiger partial charge in [0.2, 0.25) is 0 Å². The van der Waals surface area contributed by atoms with Gasteiger partial charge in [-0.2, -0.15) is 0 Å². The molecule has 0 radical (unpaired) electrons. The predicted octanol–water partition coefficient (Wildman–Crippen LogP) is 7.59. The summed E-state index contributed by atoms with van der Waals surface area (Å²) in [6.45, 7) is 4.18. The number of esters is 1. The van der Waals surface area contributed by atoms with Gasteiger partial charge in [0.25, 0.3) is 11.8 Å². The lowest BCUT2D eigenvalue weighted by Crippen LogP contribution is -2.41. The Labute approximate surface area is 285 Å². The first-order chi connectivity index (χ1) is 23.7. The Bertz CT molecular complexity index is 1740. The van der Waals surface area contributed by atoms with Gasteiger partial charge >= 0.3 is 5.97 Å². The summed E-state index contributed by atoms with van der Waals surface area (Å²) in [5, 5.41) is 5.44. The predicted molar refractivity (Wildman–Crippen MR) is 185 cm³/mol. The van der Waals surface area contributed by atoms with Crippen molar-refractivity contribution in [2.24, 2.45) is 0 Å². The number of anilines is 1. The van der Waals surface area contributed by atoms with Crippen LogP contribution in [0.15, 0.2) is 91.0 Å². The van der Waals surface area contributed by atoms with Crippen LogP contribution >= 0.6 is 0 Å². The van der Waals surface area contributed by atoms with E-state index in [1.807, 2.05) is 0 Å². The molecule has 0 aliphatic rings. The molecule has 0 saturated carbocycles. The highest BCUT2D eigenvalue weighted by Crippen LogP contribution is 2.30. The van der Waals surface area contributed by atoms with Crippen molar-refractivity contribution in [1.29, 1.82) is 0 Å². The number of amides is 2. The van der Waals surface area contributed by atoms with Crippen molar-refractivity contribution < 1.29 is 37.8 Å². The normalized spacial score (nSPS) is 11.3. The number of carbonyl (C=O) groups excluding carboxylic acids is 4. The van der Waals surface area contributed by atoms with Gasteiger partial charge < -0.3 is 24.8 Å². The van der Waals surface area contributed by atoms with Crippen molar-refractivity contribution >= 4 is 29.3 Å². The number of hydrogen-bond acceptors (Lipinski definition) is 7. The Morgan fingerprint density at radius 2 is 1.47 bits per heavy atom. The first-order valence-corrected chi connectivity index (χ1v) is 16.3. The van der Waals surface area contributed by atoms with Crippen LogP contribution in [0.3, 0.4) is 0 Å². The van der Waals surface area contributed by atoms with Gasteiger partial charge in [-0.05, 0) is 104 Å². The summed E-state index contributed by atoms with van der Waals surface area (Å²) in [7, 11) is 1.44. The van der Waals surface area contributed by atoms with Crippen molar-refractivity contribution in [3.8, 4) is 17.2 Å². The number of unbranched alkanes of at least 4 members (excludes halogenated alkanes) is 4. The van der Waals surface area contributed by atoms with E-state index in [1.54, 1.807) is 60.7 Å². The summed E-state index contributed by atoms with van der Waals surface area (Å²) in [5.74, 6) is -1.11. The van der Waals surface area contributed by atoms with Gasteiger partial charge in [0, 0.05) is 16.8 Å². The van der Waals surface area contributed by atoms with Crippen LogP contribution in [0.25, 0.3) is 0 Å². The number of ether oxygens (including phenoxy) is 3. The lowest BCUT2D eigenvalue weighted by molar-refractivity contribution is -0.118. The van der Waals surface area contributed by atoms with E-state index in [2.05, 4.69) is 17.6 Å². The van der Waals surface area contributed by atoms with Gasteiger partial charge in [0.05, 0.1) is 25.3 Å². The smallest absolute Gasteiger partial charge is 0.343 e. The monoisotopic (exact) mass is 668 g/mol. The number of rotatable bonds is 17. The molecule has 0 bridgehead atoms. The van der Waals surface area contributed by atoms with E-state index < -0.39 is 29.6 Å². The molecule has 2 amide bonds. The molecule has 4 aromatic carbocycles. The number of ketones is 1. The minimum absolute atomic E-state index is 0.146. The molecule has 0 aromatic heterocycles. The molecule has 0 heterocycles. The molecular formula is C39H41FN2O7. The molecule has 9 nitrogen and oxygen atoms in total. The van der Waals surface area contributed by atoms with Crippen LogP contribution in [0, 0.1) is 5.82 Å². The number of halogens is 1. The third kappa shape index (κ3) is 11.0. The van der Waals surface area contributed by atoms with Crippen LogP contribution in [0.5, 0.6) is 17.2 Å². The Kier molecular flexibility index (Phi) is 13.5. The molecule has 10 heteroatoms. The molecule has 1 unspecified atom stereocenters. The highest BCUT2D eigenvalue weighted by Gasteiger charge is 2.21. The second kappa shape index (κ2) is 18.1. The number of hydrogen-bond donors (Lipinski definition) is 2. The molecule has 2 N–H and O–H groups in total. The second-order valence-corrected chi connectivity index (χ2v) is 11.5. The van der Waals surface area contributed by atoms with Crippen molar-refractivity contribution in [3.63, 3.8) is 0 Å². The SMILES string of the molecule is CCCCCCCOc1ccc(C(=O)Oc2ccc(CC(NC(=O)c3cccc(NC(=O)c4ccc(F)cc4)c3)C(C)=O)cc2OC)cc1. The number of carbonyl (C=O) groups is 4. The van der Waals surface area contributed by atoms with Crippen molar-refractivity contribution in [1.82, 2.24) is 5.32 Å². The lowest BCUT2D eigenvalue weighted by atomic mass is 10.0. The summed E-state index contributed by atoms with van der Waals surface area (Å²) in [6, 6.07) is 22.1. The maximum Gasteiger partial charge on any atom is 0.343 e. The fourth-order valence-corrected chi connectivity index (χ4v) is 4.98. The maximum absolute atomic E-state index is 13.2. The Morgan fingerprint density at radius 3 is 2.16 bits per heavy atom. The van der Waals surface area contributed by atoms with Crippen LogP contribution in [-0.4, -0.2) is 43.3 Å². The number of benzene rings is 4. The largest absolute Gasteiger partial charge is 0.494 e. The van der Waals surface area contributed by atoms with Gasteiger partial charge in [-0.25, -0.2) is 9.18 Å². The first kappa shape index (κ1) is 36.3. The van der Waals surface area contributed by atoms with Crippen LogP contribution in [-0.2, 0) is 11.2 Å². The van der Waals surface area contributed by atoms with Crippen LogP contribution in [0.1, 0.15) is 82.6 Å². The fourth-order valence-electron chi connectivity index (χ4n) is 4.98. The molecule has 0 saturated heterocycles. The molecule has 49 heavy (non-hydrogen) atoms. The number of nitrogens with one attached hydrogen (secondary N) is 2. The lowest BCUT2D eigenvalue weighted by Gasteiger charge is -2.18. The van der Waals surface area contributed by atoms with Gasteiger partial charge in [0.15, 0.2) is 17.3 Å². The molecule has 0 spiro atoms. The fraction of sp³-hybridized carbons (Fsp3) is 0.282. The Hall–Kier alpha value is -5.51. The first-order valence-electron chi connectivity index (χ1n) is 16.3. The van der Waals surface area contributed by atoms with E-state index in [9.17, 15) is 23.6 Å². The maximum atomic E-state index is 13.2. The summed E-state index contributed by atoms with van der Waals surface area (Å²) >= 11 is 0. The molecule has 4 rings (SSSR count). The highest BCUT2D eigenvalue weighted by atomic mass is 19.1. The van der Waals surface area contributed by atoms with Gasteiger partial charge in [-0.15, -0.1) is 0 Å². The third-order valence-corrected chi connectivity index (χ3v) is 7.76. The van der Waals surface area contributed by atoms with E-state index >= 15 is 0 Å². The average molecular weight is 669 g/mol. The highest BCUT2D eigenvalue weighted by molar-refractivity contribution is 6.05. The third-order valence-electron chi connectivity index (χ3n) is 7.76. The molecule has 0 aliphatic carbocycles. The molecule has 256 valence electrons. The summed E-state index contributed by atoms with van der Waals surface area (Å²) < 4.78 is 30.1. The number of methoxy groups -OCH3 is 1. The van der Waals surface area contributed by atoms with Crippen molar-refractivity contribution in [3.05, 3.63) is 119 Å². The Balaban J connectivity index is 1.35. The van der Waals surface area contributed by atoms with E-state index in [0.29, 0.717) is 29.2 Å². The molecule has 1 atom stereocenters. The van der Waals surface area contributed by atoms with Crippen molar-refractivity contribution in [2.75, 3.05) is 19.0 Å². The quantitative estimate of drug-likeness (QED) is 0.0676. The molecule has 4 aromatic rings. The molecule has 0 fully saturated rings. The molecular weight excluding hydrogens is 627 g/mol. The summed E-state index contributed by atoms with van der Waals surface area (Å²) in [4.78, 5) is 51.1. The van der Waals surface area contributed by atoms with Crippen LogP contribution in [0.4, 0.5) is 10.1 Å². The zero-order valence-electron chi connectivity index (χ0n) is 27.9. The minimum Gasteiger partial charge on any atom is -0.494 e. The van der Waals surface area contributed by atoms with E-state index in [-0.39, 0.29) is 34.8 Å². The second-order valence-electron chi connectivity index (χ2n) is 11.5. The van der Waals surface area contributed by atoms with Crippen LogP contribution < -0.4 is 24.8 Å².